The molecule has 0 aliphatic carbocycles. The summed E-state index contributed by atoms with van der Waals surface area (Å²) in [5, 5.41) is 11.0. The summed E-state index contributed by atoms with van der Waals surface area (Å²) in [5.41, 5.74) is 7.54. The van der Waals surface area contributed by atoms with E-state index in [9.17, 15) is 4.79 Å². The van der Waals surface area contributed by atoms with E-state index in [0.717, 1.165) is 11.5 Å². The van der Waals surface area contributed by atoms with Crippen LogP contribution in [-0.2, 0) is 6.42 Å². The van der Waals surface area contributed by atoms with E-state index >= 15 is 0 Å². The van der Waals surface area contributed by atoms with Crippen LogP contribution in [0.4, 0.5) is 5.69 Å². The number of fused-ring (bicyclic) bond motifs is 1. The highest BCUT2D eigenvalue weighted by Crippen LogP contribution is 2.10. The summed E-state index contributed by atoms with van der Waals surface area (Å²) >= 11 is 0. The molecule has 0 atom stereocenters. The van der Waals surface area contributed by atoms with Crippen LogP contribution in [0.15, 0.2) is 48.7 Å². The van der Waals surface area contributed by atoms with Gasteiger partial charge < -0.3 is 11.1 Å². The van der Waals surface area contributed by atoms with Crippen LogP contribution >= 0.6 is 0 Å². The van der Waals surface area contributed by atoms with Crippen molar-refractivity contribution >= 4 is 17.2 Å². The van der Waals surface area contributed by atoms with Gasteiger partial charge in [-0.15, -0.1) is 10.2 Å². The van der Waals surface area contributed by atoms with Gasteiger partial charge in [0.15, 0.2) is 5.65 Å². The molecule has 0 spiro atoms. The van der Waals surface area contributed by atoms with Crippen LogP contribution in [0.1, 0.15) is 16.2 Å². The van der Waals surface area contributed by atoms with Crippen molar-refractivity contribution in [3.63, 3.8) is 0 Å². The van der Waals surface area contributed by atoms with Gasteiger partial charge in [-0.05, 0) is 24.3 Å². The maximum atomic E-state index is 12.0. The van der Waals surface area contributed by atoms with Gasteiger partial charge in [-0.2, -0.15) is 0 Å². The number of nitrogens with two attached hydrogens (primary N) is 1. The van der Waals surface area contributed by atoms with Gasteiger partial charge in [-0.25, -0.2) is 0 Å². The Morgan fingerprint density at radius 3 is 2.81 bits per heavy atom. The van der Waals surface area contributed by atoms with E-state index in [0.29, 0.717) is 24.2 Å². The van der Waals surface area contributed by atoms with Crippen molar-refractivity contribution in [1.29, 1.82) is 0 Å². The van der Waals surface area contributed by atoms with Crippen molar-refractivity contribution < 1.29 is 4.79 Å². The van der Waals surface area contributed by atoms with Crippen LogP contribution in [0.25, 0.3) is 5.65 Å². The molecule has 0 radical (unpaired) electrons. The van der Waals surface area contributed by atoms with Crippen molar-refractivity contribution in [1.82, 2.24) is 19.9 Å². The largest absolute Gasteiger partial charge is 0.398 e. The molecule has 2 aromatic heterocycles. The number of rotatable bonds is 4. The second-order valence-corrected chi connectivity index (χ2v) is 4.64. The molecule has 0 saturated carbocycles. The first-order valence-corrected chi connectivity index (χ1v) is 6.67. The lowest BCUT2D eigenvalue weighted by atomic mass is 10.1. The average Bonchev–Trinajstić information content (AvgIpc) is 2.91. The van der Waals surface area contributed by atoms with Crippen LogP contribution < -0.4 is 11.1 Å². The van der Waals surface area contributed by atoms with Crippen molar-refractivity contribution in [3.8, 4) is 0 Å². The first kappa shape index (κ1) is 13.1. The normalized spacial score (nSPS) is 10.7. The molecule has 1 amide bonds. The number of benzene rings is 1. The topological polar surface area (TPSA) is 85.3 Å². The van der Waals surface area contributed by atoms with Crippen molar-refractivity contribution in [2.45, 2.75) is 6.42 Å². The molecule has 0 aliphatic rings. The van der Waals surface area contributed by atoms with Gasteiger partial charge in [0.25, 0.3) is 5.91 Å². The SMILES string of the molecule is Nc1ccccc1C(=O)NCCc1nnc2ccccn12. The Hall–Kier alpha value is -2.89. The zero-order chi connectivity index (χ0) is 14.7. The fraction of sp³-hybridized carbons (Fsp3) is 0.133. The number of pyridine rings is 1. The molecule has 0 aliphatic heterocycles. The van der Waals surface area contributed by atoms with Gasteiger partial charge in [0.1, 0.15) is 5.82 Å². The molecule has 0 saturated heterocycles. The van der Waals surface area contributed by atoms with Gasteiger partial charge in [0.2, 0.25) is 0 Å². The molecule has 3 aromatic rings. The monoisotopic (exact) mass is 281 g/mol. The number of hydrogen-bond acceptors (Lipinski definition) is 4. The summed E-state index contributed by atoms with van der Waals surface area (Å²) < 4.78 is 1.91. The van der Waals surface area contributed by atoms with Crippen LogP contribution in [0.3, 0.4) is 0 Å². The Morgan fingerprint density at radius 2 is 1.95 bits per heavy atom. The highest BCUT2D eigenvalue weighted by atomic mass is 16.1. The zero-order valence-corrected chi connectivity index (χ0v) is 11.4. The van der Waals surface area contributed by atoms with Gasteiger partial charge >= 0.3 is 0 Å². The van der Waals surface area contributed by atoms with Crippen LogP contribution in [-0.4, -0.2) is 27.0 Å². The standard InChI is InChI=1S/C15H15N5O/c16-12-6-2-1-5-11(12)15(21)17-9-8-14-19-18-13-7-3-4-10-20(13)14/h1-7,10H,8-9,16H2,(H,17,21). The predicted molar refractivity (Wildman–Crippen MR) is 79.9 cm³/mol. The fourth-order valence-corrected chi connectivity index (χ4v) is 2.15. The van der Waals surface area contributed by atoms with Crippen molar-refractivity contribution in [2.24, 2.45) is 0 Å². The first-order chi connectivity index (χ1) is 10.3. The molecule has 21 heavy (non-hydrogen) atoms. The molecule has 1 aromatic carbocycles. The summed E-state index contributed by atoms with van der Waals surface area (Å²) in [5.74, 6) is 0.633. The van der Waals surface area contributed by atoms with E-state index in [2.05, 4.69) is 15.5 Å². The highest BCUT2D eigenvalue weighted by molar-refractivity contribution is 5.99. The number of anilines is 1. The Balaban J connectivity index is 1.64. The number of hydrogen-bond donors (Lipinski definition) is 2. The van der Waals surface area contributed by atoms with Gasteiger partial charge in [-0.1, -0.05) is 18.2 Å². The maximum absolute atomic E-state index is 12.0. The van der Waals surface area contributed by atoms with Gasteiger partial charge in [-0.3, -0.25) is 9.20 Å². The molecule has 2 heterocycles. The Kier molecular flexibility index (Phi) is 3.51. The van der Waals surface area contributed by atoms with Gasteiger partial charge in [0.05, 0.1) is 5.56 Å². The fourth-order valence-electron chi connectivity index (χ4n) is 2.15. The number of para-hydroxylation sites is 1. The summed E-state index contributed by atoms with van der Waals surface area (Å²) in [4.78, 5) is 12.0. The lowest BCUT2D eigenvalue weighted by molar-refractivity contribution is 0.0955. The lowest BCUT2D eigenvalue weighted by Gasteiger charge is -2.06. The molecule has 0 unspecified atom stereocenters. The number of aromatic nitrogens is 3. The van der Waals surface area contributed by atoms with E-state index in [1.165, 1.54) is 0 Å². The van der Waals surface area contributed by atoms with E-state index in [1.807, 2.05) is 28.8 Å². The molecule has 3 N–H and O–H groups in total. The summed E-state index contributed by atoms with van der Waals surface area (Å²) in [7, 11) is 0. The quantitative estimate of drug-likeness (QED) is 0.705. The number of nitrogen functional groups attached to an aromatic ring is 1. The Bertz CT molecular complexity index is 780. The second kappa shape index (κ2) is 5.62. The van der Waals surface area contributed by atoms with Crippen LogP contribution in [0.5, 0.6) is 0 Å². The third-order valence-electron chi connectivity index (χ3n) is 3.22. The number of amides is 1. The molecule has 3 rings (SSSR count). The third kappa shape index (κ3) is 2.69. The number of nitrogens with one attached hydrogen (secondary N) is 1. The summed E-state index contributed by atoms with van der Waals surface area (Å²) in [6.45, 7) is 0.475. The van der Waals surface area contributed by atoms with Crippen molar-refractivity contribution in [2.75, 3.05) is 12.3 Å². The van der Waals surface area contributed by atoms with Crippen LogP contribution in [0.2, 0.25) is 0 Å². The third-order valence-corrected chi connectivity index (χ3v) is 3.22. The smallest absolute Gasteiger partial charge is 0.253 e. The average molecular weight is 281 g/mol. The minimum Gasteiger partial charge on any atom is -0.398 e. The Morgan fingerprint density at radius 1 is 1.14 bits per heavy atom. The Labute approximate surface area is 121 Å². The van der Waals surface area contributed by atoms with E-state index in [-0.39, 0.29) is 5.91 Å². The number of carbonyl (C=O) groups excluding carboxylic acids is 1. The van der Waals surface area contributed by atoms with Crippen LogP contribution in [0, 0.1) is 0 Å². The second-order valence-electron chi connectivity index (χ2n) is 4.64. The minimum absolute atomic E-state index is 0.179. The predicted octanol–water partition coefficient (Wildman–Crippen LogP) is 1.28. The summed E-state index contributed by atoms with van der Waals surface area (Å²) in [6, 6.07) is 12.7. The maximum Gasteiger partial charge on any atom is 0.253 e. The van der Waals surface area contributed by atoms with E-state index in [4.69, 9.17) is 5.73 Å². The molecule has 0 bridgehead atoms. The lowest BCUT2D eigenvalue weighted by Crippen LogP contribution is -2.26. The molecular weight excluding hydrogens is 266 g/mol. The highest BCUT2D eigenvalue weighted by Gasteiger charge is 2.09. The molecule has 6 heteroatoms. The van der Waals surface area contributed by atoms with Crippen molar-refractivity contribution in [3.05, 3.63) is 60.0 Å². The van der Waals surface area contributed by atoms with E-state index < -0.39 is 0 Å². The number of carbonyl (C=O) groups is 1. The summed E-state index contributed by atoms with van der Waals surface area (Å²) in [6.07, 6.45) is 2.51. The minimum atomic E-state index is -0.179. The molecule has 0 fully saturated rings. The zero-order valence-electron chi connectivity index (χ0n) is 11.4. The molecule has 106 valence electrons. The first-order valence-electron chi connectivity index (χ1n) is 6.67. The number of nitrogens with zero attached hydrogens (tertiary/aromatic N) is 3. The molecular formula is C15H15N5O. The van der Waals surface area contributed by atoms with E-state index in [1.54, 1.807) is 24.3 Å². The molecule has 6 nitrogen and oxygen atoms in total. The van der Waals surface area contributed by atoms with Gasteiger partial charge in [0, 0.05) is 24.8 Å².